The fourth-order valence-corrected chi connectivity index (χ4v) is 2.80. The van der Waals surface area contributed by atoms with Gasteiger partial charge in [-0.05, 0) is 49.5 Å². The molecule has 1 unspecified atom stereocenters. The van der Waals surface area contributed by atoms with E-state index in [1.165, 1.54) is 28.6 Å². The third-order valence-electron chi connectivity index (χ3n) is 3.19. The van der Waals surface area contributed by atoms with E-state index in [4.69, 9.17) is 5.73 Å². The number of nitrogens with zero attached hydrogens (tertiary/aromatic N) is 1. The van der Waals surface area contributed by atoms with Crippen LogP contribution in [0.2, 0.25) is 0 Å². The monoisotopic (exact) mass is 262 g/mol. The van der Waals surface area contributed by atoms with Gasteiger partial charge in [0.15, 0.2) is 0 Å². The fraction of sp³-hybridized carbons (Fsp3) is 0.467. The molecule has 0 saturated heterocycles. The number of benzene rings is 1. The maximum atomic E-state index is 5.91. The van der Waals surface area contributed by atoms with Gasteiger partial charge >= 0.3 is 0 Å². The van der Waals surface area contributed by atoms with Gasteiger partial charge in [-0.25, -0.2) is 0 Å². The van der Waals surface area contributed by atoms with E-state index in [0.717, 1.165) is 13.0 Å². The van der Waals surface area contributed by atoms with Gasteiger partial charge in [0.1, 0.15) is 0 Å². The lowest BCUT2D eigenvalue weighted by atomic mass is 10.0. The van der Waals surface area contributed by atoms with Crippen LogP contribution in [0.1, 0.15) is 18.9 Å². The maximum Gasteiger partial charge on any atom is 0.0483 e. The summed E-state index contributed by atoms with van der Waals surface area (Å²) in [5, 5.41) is 1.36. The standard InChI is InChI=1S/C15H22N2S/c1-12(16)11-13-5-3-6-15-14(13)7-9-17(15)8-4-10-18-2/h3,5-7,9,12H,4,8,10-11,16H2,1-2H3. The highest BCUT2D eigenvalue weighted by Crippen LogP contribution is 2.21. The molecular weight excluding hydrogens is 240 g/mol. The van der Waals surface area contributed by atoms with Crippen LogP contribution in [0.3, 0.4) is 0 Å². The molecule has 2 rings (SSSR count). The second kappa shape index (κ2) is 6.30. The van der Waals surface area contributed by atoms with E-state index in [-0.39, 0.29) is 6.04 Å². The molecule has 1 atom stereocenters. The Balaban J connectivity index is 2.24. The molecule has 0 aliphatic rings. The van der Waals surface area contributed by atoms with Crippen LogP contribution in [0.25, 0.3) is 10.9 Å². The summed E-state index contributed by atoms with van der Waals surface area (Å²) >= 11 is 1.91. The zero-order valence-corrected chi connectivity index (χ0v) is 12.0. The maximum absolute atomic E-state index is 5.91. The van der Waals surface area contributed by atoms with Crippen molar-refractivity contribution in [3.8, 4) is 0 Å². The first kappa shape index (κ1) is 13.5. The van der Waals surface area contributed by atoms with E-state index in [0.29, 0.717) is 0 Å². The quantitative estimate of drug-likeness (QED) is 0.810. The largest absolute Gasteiger partial charge is 0.347 e. The van der Waals surface area contributed by atoms with Crippen molar-refractivity contribution in [2.75, 3.05) is 12.0 Å². The van der Waals surface area contributed by atoms with Crippen molar-refractivity contribution in [1.29, 1.82) is 0 Å². The van der Waals surface area contributed by atoms with Crippen LogP contribution < -0.4 is 5.73 Å². The summed E-state index contributed by atoms with van der Waals surface area (Å²) < 4.78 is 2.36. The SMILES string of the molecule is CSCCCn1ccc2c(CC(C)N)cccc21. The summed E-state index contributed by atoms with van der Waals surface area (Å²) in [5.41, 5.74) is 8.62. The van der Waals surface area contributed by atoms with Crippen LogP contribution >= 0.6 is 11.8 Å². The van der Waals surface area contributed by atoms with E-state index in [2.05, 4.69) is 48.2 Å². The predicted molar refractivity (Wildman–Crippen MR) is 82.3 cm³/mol. The average molecular weight is 262 g/mol. The van der Waals surface area contributed by atoms with Gasteiger partial charge in [0, 0.05) is 29.7 Å². The Hall–Kier alpha value is -0.930. The summed E-state index contributed by atoms with van der Waals surface area (Å²) in [6.07, 6.45) is 6.54. The third kappa shape index (κ3) is 3.09. The molecule has 0 spiro atoms. The zero-order valence-electron chi connectivity index (χ0n) is 11.2. The minimum absolute atomic E-state index is 0.218. The van der Waals surface area contributed by atoms with Gasteiger partial charge in [-0.2, -0.15) is 11.8 Å². The minimum Gasteiger partial charge on any atom is -0.347 e. The van der Waals surface area contributed by atoms with E-state index < -0.39 is 0 Å². The summed E-state index contributed by atoms with van der Waals surface area (Å²) in [6, 6.07) is 8.99. The Kier molecular flexibility index (Phi) is 4.72. The minimum atomic E-state index is 0.218. The van der Waals surface area contributed by atoms with E-state index >= 15 is 0 Å². The molecule has 3 heteroatoms. The lowest BCUT2D eigenvalue weighted by Gasteiger charge is -2.08. The topological polar surface area (TPSA) is 30.9 Å². The van der Waals surface area contributed by atoms with E-state index in [9.17, 15) is 0 Å². The molecule has 2 aromatic rings. The van der Waals surface area contributed by atoms with Crippen LogP contribution in [-0.2, 0) is 13.0 Å². The van der Waals surface area contributed by atoms with Crippen LogP contribution in [0.4, 0.5) is 0 Å². The predicted octanol–water partition coefficient (Wildman–Crippen LogP) is 3.28. The van der Waals surface area contributed by atoms with Crippen molar-refractivity contribution < 1.29 is 0 Å². The first-order chi connectivity index (χ1) is 8.72. The van der Waals surface area contributed by atoms with Crippen molar-refractivity contribution in [3.63, 3.8) is 0 Å². The van der Waals surface area contributed by atoms with Crippen molar-refractivity contribution in [2.45, 2.75) is 32.4 Å². The van der Waals surface area contributed by atoms with Gasteiger partial charge < -0.3 is 10.3 Å². The summed E-state index contributed by atoms with van der Waals surface area (Å²) in [7, 11) is 0. The van der Waals surface area contributed by atoms with Crippen LogP contribution in [0.5, 0.6) is 0 Å². The first-order valence-corrected chi connectivity index (χ1v) is 7.93. The lowest BCUT2D eigenvalue weighted by Crippen LogP contribution is -2.17. The van der Waals surface area contributed by atoms with Gasteiger partial charge in [-0.1, -0.05) is 12.1 Å². The van der Waals surface area contributed by atoms with Crippen LogP contribution in [0.15, 0.2) is 30.5 Å². The smallest absolute Gasteiger partial charge is 0.0483 e. The molecule has 0 amide bonds. The second-order valence-corrected chi connectivity index (χ2v) is 5.87. The first-order valence-electron chi connectivity index (χ1n) is 6.53. The molecule has 2 N–H and O–H groups in total. The molecule has 98 valence electrons. The number of hydrogen-bond donors (Lipinski definition) is 1. The Bertz CT molecular complexity index is 502. The molecular formula is C15H22N2S. The van der Waals surface area contributed by atoms with Crippen LogP contribution in [0, 0.1) is 0 Å². The number of aryl methyl sites for hydroxylation is 1. The Morgan fingerprint density at radius 1 is 1.33 bits per heavy atom. The number of hydrogen-bond acceptors (Lipinski definition) is 2. The molecule has 0 aliphatic heterocycles. The lowest BCUT2D eigenvalue weighted by molar-refractivity contribution is 0.709. The molecule has 2 nitrogen and oxygen atoms in total. The molecule has 18 heavy (non-hydrogen) atoms. The van der Waals surface area contributed by atoms with Gasteiger partial charge in [0.2, 0.25) is 0 Å². The van der Waals surface area contributed by atoms with E-state index in [1.807, 2.05) is 11.8 Å². The second-order valence-electron chi connectivity index (χ2n) is 4.89. The average Bonchev–Trinajstić information content (AvgIpc) is 2.74. The zero-order chi connectivity index (χ0) is 13.0. The highest BCUT2D eigenvalue weighted by atomic mass is 32.2. The number of nitrogens with two attached hydrogens (primary N) is 1. The molecule has 1 aromatic heterocycles. The van der Waals surface area contributed by atoms with Crippen molar-refractivity contribution in [3.05, 3.63) is 36.0 Å². The third-order valence-corrected chi connectivity index (χ3v) is 3.89. The Labute approximate surface area is 114 Å². The molecule has 1 aromatic carbocycles. The van der Waals surface area contributed by atoms with Crippen molar-refractivity contribution in [1.82, 2.24) is 4.57 Å². The number of rotatable bonds is 6. The molecule has 1 heterocycles. The molecule has 0 saturated carbocycles. The molecule has 0 radical (unpaired) electrons. The van der Waals surface area contributed by atoms with Crippen LogP contribution in [-0.4, -0.2) is 22.6 Å². The summed E-state index contributed by atoms with van der Waals surface area (Å²) in [6.45, 7) is 3.17. The Morgan fingerprint density at radius 2 is 2.17 bits per heavy atom. The highest BCUT2D eigenvalue weighted by Gasteiger charge is 2.06. The van der Waals surface area contributed by atoms with Gasteiger partial charge in [-0.15, -0.1) is 0 Å². The molecule has 0 bridgehead atoms. The molecule has 0 fully saturated rings. The Morgan fingerprint density at radius 3 is 2.89 bits per heavy atom. The highest BCUT2D eigenvalue weighted by molar-refractivity contribution is 7.98. The molecule has 0 aliphatic carbocycles. The summed E-state index contributed by atoms with van der Waals surface area (Å²) in [5.74, 6) is 1.22. The van der Waals surface area contributed by atoms with Crippen molar-refractivity contribution in [2.24, 2.45) is 5.73 Å². The number of thioether (sulfide) groups is 1. The summed E-state index contributed by atoms with van der Waals surface area (Å²) in [4.78, 5) is 0. The van der Waals surface area contributed by atoms with Crippen molar-refractivity contribution >= 4 is 22.7 Å². The van der Waals surface area contributed by atoms with E-state index in [1.54, 1.807) is 0 Å². The fourth-order valence-electron chi connectivity index (χ4n) is 2.39. The van der Waals surface area contributed by atoms with Gasteiger partial charge in [-0.3, -0.25) is 0 Å². The number of aromatic nitrogens is 1. The number of fused-ring (bicyclic) bond motifs is 1. The van der Waals surface area contributed by atoms with Gasteiger partial charge in [0.25, 0.3) is 0 Å². The normalized spacial score (nSPS) is 13.1. The van der Waals surface area contributed by atoms with Gasteiger partial charge in [0.05, 0.1) is 0 Å².